The van der Waals surface area contributed by atoms with Crippen LogP contribution >= 0.6 is 0 Å². The summed E-state index contributed by atoms with van der Waals surface area (Å²) < 4.78 is 0. The van der Waals surface area contributed by atoms with Crippen LogP contribution in [0.2, 0.25) is 0 Å². The van der Waals surface area contributed by atoms with E-state index in [9.17, 15) is 14.7 Å². The molecule has 0 atom stereocenters. The molecule has 0 bridgehead atoms. The minimum Gasteiger partial charge on any atom is -0.478 e. The van der Waals surface area contributed by atoms with E-state index in [2.05, 4.69) is 46.0 Å². The molecule has 2 fully saturated rings. The summed E-state index contributed by atoms with van der Waals surface area (Å²) in [6.07, 6.45) is 3.94. The van der Waals surface area contributed by atoms with Gasteiger partial charge in [-0.2, -0.15) is 0 Å². The van der Waals surface area contributed by atoms with E-state index >= 15 is 0 Å². The molecule has 2 aromatic rings. The van der Waals surface area contributed by atoms with Crippen molar-refractivity contribution in [2.45, 2.75) is 65.8 Å². The van der Waals surface area contributed by atoms with Crippen LogP contribution in [0.25, 0.3) is 0 Å². The summed E-state index contributed by atoms with van der Waals surface area (Å²) in [5.41, 5.74) is 2.11. The number of hydrogen-bond donors (Lipinski definition) is 2. The van der Waals surface area contributed by atoms with Crippen LogP contribution in [-0.2, 0) is 0 Å². The summed E-state index contributed by atoms with van der Waals surface area (Å²) in [5.74, 6) is 1.15. The Morgan fingerprint density at radius 1 is 1.13 bits per heavy atom. The Morgan fingerprint density at radius 3 is 2.41 bits per heavy atom. The van der Waals surface area contributed by atoms with E-state index in [0.29, 0.717) is 42.5 Å². The lowest BCUT2D eigenvalue weighted by Crippen LogP contribution is -2.61. The minimum atomic E-state index is -0.968. The topological polar surface area (TPSA) is 115 Å². The maximum absolute atomic E-state index is 13.7. The Morgan fingerprint density at radius 2 is 1.82 bits per heavy atom. The summed E-state index contributed by atoms with van der Waals surface area (Å²) in [5, 5.41) is 13.0. The first-order valence-electron chi connectivity index (χ1n) is 13.9. The lowest BCUT2D eigenvalue weighted by Gasteiger charge is -2.47. The van der Waals surface area contributed by atoms with E-state index in [4.69, 9.17) is 4.98 Å². The maximum Gasteiger partial charge on any atom is 0.337 e. The third-order valence-electron chi connectivity index (χ3n) is 8.03. The van der Waals surface area contributed by atoms with Crippen LogP contribution in [0.3, 0.4) is 0 Å². The van der Waals surface area contributed by atoms with Crippen LogP contribution < -0.4 is 10.2 Å². The summed E-state index contributed by atoms with van der Waals surface area (Å²) in [6, 6.07) is 1.82. The molecule has 0 aromatic carbocycles. The Bertz CT molecular complexity index is 1200. The fraction of sp³-hybridized carbons (Fsp3) is 0.621. The van der Waals surface area contributed by atoms with Gasteiger partial charge in [-0.1, -0.05) is 13.8 Å². The number of piperidine rings is 1. The second kappa shape index (κ2) is 11.5. The molecule has 0 radical (unpaired) electrons. The number of carboxylic acids is 1. The van der Waals surface area contributed by atoms with Crippen molar-refractivity contribution >= 4 is 23.5 Å². The lowest BCUT2D eigenvalue weighted by atomic mass is 9.97. The summed E-state index contributed by atoms with van der Waals surface area (Å²) in [7, 11) is 2.17. The number of aromatic carboxylic acids is 1. The summed E-state index contributed by atoms with van der Waals surface area (Å²) in [4.78, 5) is 45.7. The van der Waals surface area contributed by atoms with E-state index in [1.807, 2.05) is 24.8 Å². The third kappa shape index (κ3) is 6.32. The number of pyridine rings is 1. The molecule has 0 spiro atoms. The van der Waals surface area contributed by atoms with Crippen molar-refractivity contribution in [2.75, 3.05) is 56.5 Å². The van der Waals surface area contributed by atoms with E-state index in [1.165, 1.54) is 12.8 Å². The first kappa shape index (κ1) is 28.7. The summed E-state index contributed by atoms with van der Waals surface area (Å²) in [6.45, 7) is 16.5. The molecule has 2 aromatic heterocycles. The molecule has 1 amide bonds. The molecule has 2 saturated heterocycles. The normalized spacial score (nSPS) is 18.5. The standard InChI is InChI=1S/C29H43N7O3/c1-18(2)25-26(30-15-21-8-10-34(7)11-9-21)31-16-22(33-25)27(37)36-13-12-35(17-29(36,5)6)23-14-19(3)24(28(38)39)20(4)32-23/h14,16,18,21H,8-13,15,17H2,1-7H3,(H,30,31)(H,38,39). The number of likely N-dealkylation sites (tertiary alicyclic amines) is 1. The smallest absolute Gasteiger partial charge is 0.337 e. The van der Waals surface area contributed by atoms with Gasteiger partial charge >= 0.3 is 5.97 Å². The fourth-order valence-electron chi connectivity index (χ4n) is 5.71. The zero-order chi connectivity index (χ0) is 28.5. The molecular weight excluding hydrogens is 494 g/mol. The number of anilines is 2. The van der Waals surface area contributed by atoms with Gasteiger partial charge in [-0.3, -0.25) is 4.79 Å². The van der Waals surface area contributed by atoms with E-state index in [1.54, 1.807) is 20.0 Å². The van der Waals surface area contributed by atoms with Crippen molar-refractivity contribution in [1.82, 2.24) is 24.8 Å². The van der Waals surface area contributed by atoms with E-state index in [0.717, 1.165) is 37.0 Å². The average Bonchev–Trinajstić information content (AvgIpc) is 2.86. The number of aryl methyl sites for hydroxylation is 2. The number of nitrogens with zero attached hydrogens (tertiary/aromatic N) is 6. The number of hydrogen-bond acceptors (Lipinski definition) is 8. The second-order valence-electron chi connectivity index (χ2n) is 12.0. The van der Waals surface area contributed by atoms with Gasteiger partial charge in [0.15, 0.2) is 0 Å². The lowest BCUT2D eigenvalue weighted by molar-refractivity contribution is 0.0506. The van der Waals surface area contributed by atoms with E-state index < -0.39 is 11.5 Å². The Hall–Kier alpha value is -3.27. The quantitative estimate of drug-likeness (QED) is 0.544. The number of carbonyl (C=O) groups is 2. The van der Waals surface area contributed by atoms with Gasteiger partial charge in [0.25, 0.3) is 5.91 Å². The molecule has 212 valence electrons. The van der Waals surface area contributed by atoms with Crippen molar-refractivity contribution < 1.29 is 14.7 Å². The Balaban J connectivity index is 1.48. The Kier molecular flexibility index (Phi) is 8.44. The first-order chi connectivity index (χ1) is 18.4. The fourth-order valence-corrected chi connectivity index (χ4v) is 5.71. The average molecular weight is 538 g/mol. The molecule has 0 aliphatic carbocycles. The second-order valence-corrected chi connectivity index (χ2v) is 12.0. The highest BCUT2D eigenvalue weighted by molar-refractivity contribution is 5.93. The molecule has 4 heterocycles. The highest BCUT2D eigenvalue weighted by atomic mass is 16.4. The molecule has 2 N–H and O–H groups in total. The van der Waals surface area contributed by atoms with Gasteiger partial charge in [0.2, 0.25) is 0 Å². The van der Waals surface area contributed by atoms with Crippen LogP contribution in [0.4, 0.5) is 11.6 Å². The number of amides is 1. The van der Waals surface area contributed by atoms with Crippen molar-refractivity contribution in [1.29, 1.82) is 0 Å². The van der Waals surface area contributed by atoms with Gasteiger partial charge in [-0.25, -0.2) is 19.7 Å². The van der Waals surface area contributed by atoms with Gasteiger partial charge in [-0.15, -0.1) is 0 Å². The third-order valence-corrected chi connectivity index (χ3v) is 8.03. The number of piperazine rings is 1. The van der Waals surface area contributed by atoms with Crippen LogP contribution in [0.15, 0.2) is 12.3 Å². The van der Waals surface area contributed by atoms with Crippen LogP contribution in [0.1, 0.15) is 84.3 Å². The molecule has 10 heteroatoms. The molecule has 39 heavy (non-hydrogen) atoms. The van der Waals surface area contributed by atoms with Gasteiger partial charge in [0.05, 0.1) is 28.7 Å². The van der Waals surface area contributed by atoms with Crippen molar-refractivity contribution in [3.8, 4) is 0 Å². The summed E-state index contributed by atoms with van der Waals surface area (Å²) >= 11 is 0. The minimum absolute atomic E-state index is 0.126. The largest absolute Gasteiger partial charge is 0.478 e. The van der Waals surface area contributed by atoms with Crippen molar-refractivity contribution in [3.05, 3.63) is 40.5 Å². The highest BCUT2D eigenvalue weighted by Gasteiger charge is 2.38. The van der Waals surface area contributed by atoms with Crippen LogP contribution in [0.5, 0.6) is 0 Å². The van der Waals surface area contributed by atoms with Crippen LogP contribution in [0, 0.1) is 19.8 Å². The SMILES string of the molecule is Cc1cc(N2CCN(C(=O)c3cnc(NCC4CCN(C)CC4)c(C(C)C)n3)C(C)(C)C2)nc(C)c1C(=O)O. The first-order valence-corrected chi connectivity index (χ1v) is 13.9. The van der Waals surface area contributed by atoms with Gasteiger partial charge < -0.3 is 25.1 Å². The van der Waals surface area contributed by atoms with Gasteiger partial charge in [-0.05, 0) is 84.1 Å². The molecular formula is C29H43N7O3. The molecule has 4 rings (SSSR count). The number of aromatic nitrogens is 3. The zero-order valence-electron chi connectivity index (χ0n) is 24.4. The monoisotopic (exact) mass is 537 g/mol. The number of carboxylic acid groups (broad SMARTS) is 1. The van der Waals surface area contributed by atoms with Crippen LogP contribution in [-0.4, -0.2) is 93.6 Å². The zero-order valence-corrected chi connectivity index (χ0v) is 24.4. The van der Waals surface area contributed by atoms with Gasteiger partial charge in [0.1, 0.15) is 17.3 Å². The number of carbonyl (C=O) groups excluding carboxylic acids is 1. The maximum atomic E-state index is 13.7. The predicted octanol–water partition coefficient (Wildman–Crippen LogP) is 3.80. The molecule has 0 unspecified atom stereocenters. The molecule has 0 saturated carbocycles. The van der Waals surface area contributed by atoms with E-state index in [-0.39, 0.29) is 17.4 Å². The number of rotatable bonds is 7. The van der Waals surface area contributed by atoms with Crippen molar-refractivity contribution in [2.24, 2.45) is 5.92 Å². The predicted molar refractivity (Wildman–Crippen MR) is 153 cm³/mol. The van der Waals surface area contributed by atoms with Crippen molar-refractivity contribution in [3.63, 3.8) is 0 Å². The van der Waals surface area contributed by atoms with Gasteiger partial charge in [0, 0.05) is 26.2 Å². The number of nitrogens with one attached hydrogen (secondary N) is 1. The highest BCUT2D eigenvalue weighted by Crippen LogP contribution is 2.29. The molecule has 2 aliphatic heterocycles. The molecule has 10 nitrogen and oxygen atoms in total. The molecule has 2 aliphatic rings. The Labute approximate surface area is 231 Å².